The molecule has 4 nitrogen and oxygen atoms in total. The van der Waals surface area contributed by atoms with E-state index >= 15 is 0 Å². The van der Waals surface area contributed by atoms with E-state index in [1.807, 2.05) is 11.8 Å². The van der Waals surface area contributed by atoms with Crippen molar-refractivity contribution in [1.82, 2.24) is 8.61 Å². The summed E-state index contributed by atoms with van der Waals surface area (Å²) < 4.78 is 28.0. The molecule has 0 aromatic heterocycles. The van der Waals surface area contributed by atoms with Crippen LogP contribution in [-0.2, 0) is 10.2 Å². The Bertz CT molecular complexity index is 348. The summed E-state index contributed by atoms with van der Waals surface area (Å²) in [7, 11) is -3.18. The average molecular weight is 264 g/mol. The van der Waals surface area contributed by atoms with Gasteiger partial charge in [-0.05, 0) is 26.7 Å². The topological polar surface area (TPSA) is 40.6 Å². The van der Waals surface area contributed by atoms with Crippen molar-refractivity contribution in [1.29, 1.82) is 0 Å². The molecular formula is C10H20N2O2S2. The monoisotopic (exact) mass is 264 g/mol. The second-order valence-electron chi connectivity index (χ2n) is 5.06. The van der Waals surface area contributed by atoms with E-state index in [4.69, 9.17) is 0 Å². The van der Waals surface area contributed by atoms with Crippen LogP contribution in [-0.4, -0.2) is 53.7 Å². The van der Waals surface area contributed by atoms with Gasteiger partial charge in [0.1, 0.15) is 0 Å². The molecule has 0 unspecified atom stereocenters. The summed E-state index contributed by atoms with van der Waals surface area (Å²) in [5.41, 5.74) is 0. The molecule has 2 rings (SSSR count). The van der Waals surface area contributed by atoms with Crippen molar-refractivity contribution in [3.8, 4) is 0 Å². The number of rotatable bonds is 2. The Morgan fingerprint density at radius 3 is 2.25 bits per heavy atom. The number of hydrogen-bond donors (Lipinski definition) is 0. The molecule has 2 aliphatic rings. The SMILES string of the molecule is CC1(C)CN(S(=O)(=O)N2CCCC2)CCS1. The Morgan fingerprint density at radius 1 is 1.06 bits per heavy atom. The normalized spacial score (nSPS) is 28.4. The molecule has 0 bridgehead atoms. The van der Waals surface area contributed by atoms with Gasteiger partial charge in [-0.2, -0.15) is 28.8 Å². The molecule has 0 aromatic carbocycles. The van der Waals surface area contributed by atoms with E-state index in [0.29, 0.717) is 26.2 Å². The molecule has 0 N–H and O–H groups in total. The van der Waals surface area contributed by atoms with Gasteiger partial charge in [-0.3, -0.25) is 0 Å². The molecule has 0 amide bonds. The lowest BCUT2D eigenvalue weighted by molar-refractivity contribution is 0.345. The highest BCUT2D eigenvalue weighted by Crippen LogP contribution is 2.32. The van der Waals surface area contributed by atoms with Crippen molar-refractivity contribution in [3.63, 3.8) is 0 Å². The van der Waals surface area contributed by atoms with Gasteiger partial charge in [-0.25, -0.2) is 0 Å². The summed E-state index contributed by atoms with van der Waals surface area (Å²) in [5.74, 6) is 0.903. The van der Waals surface area contributed by atoms with E-state index < -0.39 is 10.2 Å². The first-order chi connectivity index (χ1) is 7.42. The van der Waals surface area contributed by atoms with Crippen molar-refractivity contribution < 1.29 is 8.42 Å². The van der Waals surface area contributed by atoms with Crippen LogP contribution in [0.1, 0.15) is 26.7 Å². The predicted octanol–water partition coefficient (Wildman–Crippen LogP) is 1.15. The highest BCUT2D eigenvalue weighted by molar-refractivity contribution is 8.00. The van der Waals surface area contributed by atoms with Crippen LogP contribution in [0.15, 0.2) is 0 Å². The van der Waals surface area contributed by atoms with Crippen LogP contribution in [0.2, 0.25) is 0 Å². The minimum absolute atomic E-state index is 0.0467. The van der Waals surface area contributed by atoms with E-state index in [2.05, 4.69) is 13.8 Å². The minimum Gasteiger partial charge on any atom is -0.195 e. The predicted molar refractivity (Wildman–Crippen MR) is 67.8 cm³/mol. The van der Waals surface area contributed by atoms with Crippen molar-refractivity contribution in [2.45, 2.75) is 31.4 Å². The first-order valence-corrected chi connectivity index (χ1v) is 8.19. The van der Waals surface area contributed by atoms with E-state index in [9.17, 15) is 8.42 Å². The molecule has 0 saturated carbocycles. The fourth-order valence-electron chi connectivity index (χ4n) is 2.25. The zero-order chi connectivity index (χ0) is 11.8. The molecule has 6 heteroatoms. The maximum absolute atomic E-state index is 12.3. The minimum atomic E-state index is -3.18. The van der Waals surface area contributed by atoms with E-state index in [0.717, 1.165) is 18.6 Å². The van der Waals surface area contributed by atoms with Crippen LogP contribution in [0.5, 0.6) is 0 Å². The van der Waals surface area contributed by atoms with Crippen molar-refractivity contribution in [2.75, 3.05) is 31.9 Å². The fourth-order valence-corrected chi connectivity index (χ4v) is 5.42. The molecule has 2 aliphatic heterocycles. The van der Waals surface area contributed by atoms with Gasteiger partial charge in [0.2, 0.25) is 0 Å². The van der Waals surface area contributed by atoms with Gasteiger partial charge in [0.25, 0.3) is 10.2 Å². The maximum Gasteiger partial charge on any atom is 0.282 e. The highest BCUT2D eigenvalue weighted by Gasteiger charge is 2.37. The standard InChI is InChI=1S/C10H20N2O2S2/c1-10(2)9-12(7-8-15-10)16(13,14)11-5-3-4-6-11/h3-9H2,1-2H3. The Labute approximate surface area is 103 Å². The van der Waals surface area contributed by atoms with Crippen LogP contribution in [0.25, 0.3) is 0 Å². The van der Waals surface area contributed by atoms with Gasteiger partial charge in [0, 0.05) is 36.7 Å². The first-order valence-electron chi connectivity index (χ1n) is 5.81. The Kier molecular flexibility index (Phi) is 3.55. The largest absolute Gasteiger partial charge is 0.282 e. The van der Waals surface area contributed by atoms with Crippen LogP contribution in [0.4, 0.5) is 0 Å². The van der Waals surface area contributed by atoms with Gasteiger partial charge >= 0.3 is 0 Å². The zero-order valence-corrected chi connectivity index (χ0v) is 11.6. The number of nitrogens with zero attached hydrogens (tertiary/aromatic N) is 2. The molecule has 2 saturated heterocycles. The summed E-state index contributed by atoms with van der Waals surface area (Å²) in [5, 5.41) is 0. The lowest BCUT2D eigenvalue weighted by Gasteiger charge is -2.38. The molecule has 0 atom stereocenters. The number of thioether (sulfide) groups is 1. The summed E-state index contributed by atoms with van der Waals surface area (Å²) >= 11 is 1.86. The summed E-state index contributed by atoms with van der Waals surface area (Å²) in [6, 6.07) is 0. The number of hydrogen-bond acceptors (Lipinski definition) is 3. The molecule has 94 valence electrons. The third kappa shape index (κ3) is 2.55. The van der Waals surface area contributed by atoms with Gasteiger partial charge in [0.05, 0.1) is 0 Å². The van der Waals surface area contributed by atoms with Crippen LogP contribution >= 0.6 is 11.8 Å². The van der Waals surface area contributed by atoms with E-state index in [-0.39, 0.29) is 4.75 Å². The summed E-state index contributed by atoms with van der Waals surface area (Å²) in [6.07, 6.45) is 2.01. The van der Waals surface area contributed by atoms with Gasteiger partial charge < -0.3 is 0 Å². The van der Waals surface area contributed by atoms with Crippen molar-refractivity contribution in [2.24, 2.45) is 0 Å². The van der Waals surface area contributed by atoms with Crippen molar-refractivity contribution >= 4 is 22.0 Å². The quantitative estimate of drug-likeness (QED) is 0.751. The Balaban J connectivity index is 2.11. The molecular weight excluding hydrogens is 244 g/mol. The van der Waals surface area contributed by atoms with Crippen LogP contribution < -0.4 is 0 Å². The van der Waals surface area contributed by atoms with Crippen LogP contribution in [0.3, 0.4) is 0 Å². The van der Waals surface area contributed by atoms with Gasteiger partial charge in [-0.1, -0.05) is 0 Å². The summed E-state index contributed by atoms with van der Waals surface area (Å²) in [6.45, 7) is 6.93. The van der Waals surface area contributed by atoms with E-state index in [1.165, 1.54) is 0 Å². The second kappa shape index (κ2) is 4.48. The fraction of sp³-hybridized carbons (Fsp3) is 1.00. The lowest BCUT2D eigenvalue weighted by atomic mass is 10.2. The third-order valence-corrected chi connectivity index (χ3v) is 6.39. The molecule has 0 radical (unpaired) electrons. The molecule has 0 aromatic rings. The molecule has 0 aliphatic carbocycles. The third-order valence-electron chi connectivity index (χ3n) is 3.11. The molecule has 2 heterocycles. The highest BCUT2D eigenvalue weighted by atomic mass is 32.2. The average Bonchev–Trinajstić information content (AvgIpc) is 2.69. The Hall–Kier alpha value is 0.220. The van der Waals surface area contributed by atoms with E-state index in [1.54, 1.807) is 8.61 Å². The molecule has 2 fully saturated rings. The van der Waals surface area contributed by atoms with Gasteiger partial charge in [-0.15, -0.1) is 0 Å². The maximum atomic E-state index is 12.3. The van der Waals surface area contributed by atoms with Gasteiger partial charge in [0.15, 0.2) is 0 Å². The lowest BCUT2D eigenvalue weighted by Crippen LogP contribution is -2.51. The zero-order valence-electron chi connectivity index (χ0n) is 9.98. The first kappa shape index (κ1) is 12.7. The van der Waals surface area contributed by atoms with Crippen LogP contribution in [0, 0.1) is 0 Å². The Morgan fingerprint density at radius 2 is 1.69 bits per heavy atom. The molecule has 0 spiro atoms. The smallest absolute Gasteiger partial charge is 0.195 e. The molecule has 16 heavy (non-hydrogen) atoms. The summed E-state index contributed by atoms with van der Waals surface area (Å²) in [4.78, 5) is 0. The van der Waals surface area contributed by atoms with Crippen molar-refractivity contribution in [3.05, 3.63) is 0 Å². The second-order valence-corrected chi connectivity index (χ2v) is 8.79.